The van der Waals surface area contributed by atoms with E-state index in [1.165, 1.54) is 89.1 Å². The van der Waals surface area contributed by atoms with Crippen molar-refractivity contribution in [2.24, 2.45) is 0 Å². The average Bonchev–Trinajstić information content (AvgIpc) is 4.11. The molecule has 3 aromatic heterocycles. The molecule has 12 rings (SSSR count). The van der Waals surface area contributed by atoms with E-state index >= 15 is 0 Å². The Hall–Kier alpha value is -5.87. The minimum Gasteiger partial charge on any atom is -0.309 e. The van der Waals surface area contributed by atoms with Crippen LogP contribution in [0.5, 0.6) is 0 Å². The maximum Gasteiger partial charge on any atom is 0.0552 e. The van der Waals surface area contributed by atoms with Crippen LogP contribution in [0.4, 0.5) is 0 Å². The van der Waals surface area contributed by atoms with Gasteiger partial charge in [0.25, 0.3) is 0 Å². The summed E-state index contributed by atoms with van der Waals surface area (Å²) in [5, 5.41) is 7.58. The SMILES string of the molecule is Brc1ccc2c3ccc(-c4ccc5sc6ccccc6c5c4)cc3n(-c3ccccc3)c2c1.C=C(/C=C\C1=CCc2cc(Br)ccc21)C(=C)/C=c1\c(=C)sc2ccccc12.Ic1ccccc1. The number of benzene rings is 8. The van der Waals surface area contributed by atoms with E-state index in [0.717, 1.165) is 36.3 Å². The van der Waals surface area contributed by atoms with Crippen molar-refractivity contribution in [1.82, 2.24) is 4.57 Å². The molecule has 3 heterocycles. The molecule has 0 amide bonds. The molecule has 0 saturated heterocycles. The van der Waals surface area contributed by atoms with Crippen LogP contribution < -0.4 is 9.75 Å². The van der Waals surface area contributed by atoms with Crippen molar-refractivity contribution in [2.45, 2.75) is 6.42 Å². The smallest absolute Gasteiger partial charge is 0.0552 e. The van der Waals surface area contributed by atoms with Crippen LogP contribution in [0.3, 0.4) is 0 Å². The molecule has 0 bridgehead atoms. The molecule has 0 radical (unpaired) electrons. The molecule has 0 unspecified atom stereocenters. The summed E-state index contributed by atoms with van der Waals surface area (Å²) >= 11 is 13.1. The second-order valence-electron chi connectivity index (χ2n) is 16.3. The monoisotopic (exact) mass is 1140 g/mol. The Kier molecular flexibility index (Phi) is 13.3. The lowest BCUT2D eigenvalue weighted by molar-refractivity contribution is 1.18. The lowest BCUT2D eigenvalue weighted by Gasteiger charge is -2.09. The minimum atomic E-state index is 0.911. The lowest BCUT2D eigenvalue weighted by Crippen LogP contribution is -2.16. The summed E-state index contributed by atoms with van der Waals surface area (Å²) in [5.41, 5.74) is 11.8. The van der Waals surface area contributed by atoms with E-state index in [9.17, 15) is 0 Å². The summed E-state index contributed by atoms with van der Waals surface area (Å²) in [6.07, 6.45) is 9.52. The third-order valence-electron chi connectivity index (χ3n) is 12.0. The van der Waals surface area contributed by atoms with Gasteiger partial charge in [-0.3, -0.25) is 0 Å². The summed E-state index contributed by atoms with van der Waals surface area (Å²) in [7, 11) is 0. The molecule has 1 aliphatic carbocycles. The second kappa shape index (κ2) is 19.8. The van der Waals surface area contributed by atoms with Crippen molar-refractivity contribution in [1.29, 1.82) is 0 Å². The fourth-order valence-corrected chi connectivity index (χ4v) is 11.9. The van der Waals surface area contributed by atoms with Crippen molar-refractivity contribution in [3.8, 4) is 16.8 Å². The standard InChI is InChI=1S/C30H18BrNS.C25H19BrS.C6H5I/c31-21-12-14-24-23-13-10-20(17-27(23)32(28(24)18-21)22-6-2-1-3-7-22)19-11-15-30-26(16-19)25-8-4-5-9-29(25)33-30;1-16(8-9-19-10-11-20-15-21(26)12-13-22(19)20)17(2)14-24-18(3)27-25-7-5-4-6-23(24)25;7-6-4-2-1-3-5-6/h1-18H;4-10,12-15H,1-3,11H2;1-5H/b;9-8-,24-14+;. The number of allylic oxidation sites excluding steroid dienone is 6. The first-order valence-electron chi connectivity index (χ1n) is 21.8. The molecule has 0 aliphatic heterocycles. The van der Waals surface area contributed by atoms with Crippen molar-refractivity contribution < 1.29 is 0 Å². The van der Waals surface area contributed by atoms with Crippen LogP contribution in [-0.2, 0) is 6.42 Å². The number of fused-ring (bicyclic) bond motifs is 8. The van der Waals surface area contributed by atoms with E-state index in [1.54, 1.807) is 11.3 Å². The van der Waals surface area contributed by atoms with E-state index < -0.39 is 0 Å². The van der Waals surface area contributed by atoms with E-state index in [0.29, 0.717) is 0 Å². The zero-order chi connectivity index (χ0) is 46.0. The number of thiophene rings is 2. The predicted molar refractivity (Wildman–Crippen MR) is 310 cm³/mol. The Morgan fingerprint density at radius 2 is 1.15 bits per heavy atom. The quantitative estimate of drug-likeness (QED) is 0.116. The third kappa shape index (κ3) is 9.52. The molecule has 8 aromatic carbocycles. The molecule has 67 heavy (non-hydrogen) atoms. The lowest BCUT2D eigenvalue weighted by atomic mass is 10.0. The van der Waals surface area contributed by atoms with Crippen molar-refractivity contribution in [3.05, 3.63) is 258 Å². The van der Waals surface area contributed by atoms with E-state index in [2.05, 4.69) is 267 Å². The highest BCUT2D eigenvalue weighted by atomic mass is 127. The number of nitrogens with zero attached hydrogens (tertiary/aromatic N) is 1. The highest BCUT2D eigenvalue weighted by molar-refractivity contribution is 14.1. The molecule has 0 saturated carbocycles. The molecular formula is C61H42Br2INS2. The van der Waals surface area contributed by atoms with Crippen LogP contribution in [0.15, 0.2) is 233 Å². The van der Waals surface area contributed by atoms with Gasteiger partial charge in [-0.25, -0.2) is 0 Å². The van der Waals surface area contributed by atoms with Crippen LogP contribution in [-0.4, -0.2) is 4.57 Å². The Balaban J connectivity index is 0.000000139. The molecule has 6 heteroatoms. The Morgan fingerprint density at radius 1 is 0.552 bits per heavy atom. The summed E-state index contributed by atoms with van der Waals surface area (Å²) in [6.45, 7) is 12.6. The number of hydrogen-bond donors (Lipinski definition) is 0. The first kappa shape index (κ1) is 44.9. The predicted octanol–water partition coefficient (Wildman–Crippen LogP) is 18.0. The van der Waals surface area contributed by atoms with E-state index in [-0.39, 0.29) is 0 Å². The van der Waals surface area contributed by atoms with E-state index in [4.69, 9.17) is 0 Å². The van der Waals surface area contributed by atoms with Crippen LogP contribution in [0, 0.1) is 3.57 Å². The summed E-state index contributed by atoms with van der Waals surface area (Å²) in [6, 6.07) is 64.6. The first-order chi connectivity index (χ1) is 32.7. The molecule has 0 spiro atoms. The molecule has 0 atom stereocenters. The Labute approximate surface area is 429 Å². The number of halogens is 3. The summed E-state index contributed by atoms with van der Waals surface area (Å²) in [4.78, 5) is 0. The van der Waals surface area contributed by atoms with Gasteiger partial charge in [0.2, 0.25) is 0 Å². The minimum absolute atomic E-state index is 0.911. The van der Waals surface area contributed by atoms with Crippen LogP contribution >= 0.6 is 77.1 Å². The van der Waals surface area contributed by atoms with Crippen LogP contribution in [0.1, 0.15) is 11.1 Å². The molecule has 324 valence electrons. The van der Waals surface area contributed by atoms with E-state index in [1.807, 2.05) is 29.5 Å². The third-order valence-corrected chi connectivity index (χ3v) is 15.9. The average molecular weight is 1140 g/mol. The molecule has 0 fully saturated rings. The van der Waals surface area contributed by atoms with Gasteiger partial charge in [-0.05, 0) is 153 Å². The van der Waals surface area contributed by atoms with Gasteiger partial charge in [-0.2, -0.15) is 0 Å². The van der Waals surface area contributed by atoms with Gasteiger partial charge in [0.05, 0.1) is 11.0 Å². The van der Waals surface area contributed by atoms with Gasteiger partial charge in [-0.1, -0.05) is 173 Å². The van der Waals surface area contributed by atoms with Gasteiger partial charge < -0.3 is 4.57 Å². The normalized spacial score (nSPS) is 12.3. The van der Waals surface area contributed by atoms with Gasteiger partial charge in [0, 0.05) is 69.0 Å². The number of hydrogen-bond acceptors (Lipinski definition) is 2. The van der Waals surface area contributed by atoms with Crippen molar-refractivity contribution >= 4 is 147 Å². The first-order valence-corrected chi connectivity index (χ1v) is 26.1. The Morgan fingerprint density at radius 3 is 1.90 bits per heavy atom. The molecule has 11 aromatic rings. The largest absolute Gasteiger partial charge is 0.309 e. The van der Waals surface area contributed by atoms with Crippen molar-refractivity contribution in [2.75, 3.05) is 0 Å². The molecule has 1 nitrogen and oxygen atoms in total. The highest BCUT2D eigenvalue weighted by Gasteiger charge is 2.15. The molecule has 0 N–H and O–H groups in total. The van der Waals surface area contributed by atoms with Crippen molar-refractivity contribution in [3.63, 3.8) is 0 Å². The zero-order valence-corrected chi connectivity index (χ0v) is 43.3. The summed E-state index contributed by atoms with van der Waals surface area (Å²) in [5.74, 6) is 0. The molecular weight excluding hydrogens is 1100 g/mol. The zero-order valence-electron chi connectivity index (χ0n) is 36.4. The maximum absolute atomic E-state index is 4.22. The highest BCUT2D eigenvalue weighted by Crippen LogP contribution is 2.39. The van der Waals surface area contributed by atoms with Gasteiger partial charge in [0.15, 0.2) is 0 Å². The van der Waals surface area contributed by atoms with Crippen LogP contribution in [0.25, 0.3) is 87.1 Å². The summed E-state index contributed by atoms with van der Waals surface area (Å²) < 4.78 is 10.9. The van der Waals surface area contributed by atoms with Gasteiger partial charge >= 0.3 is 0 Å². The second-order valence-corrected chi connectivity index (χ2v) is 21.6. The number of rotatable bonds is 6. The topological polar surface area (TPSA) is 4.93 Å². The van der Waals surface area contributed by atoms with Crippen LogP contribution in [0.2, 0.25) is 0 Å². The van der Waals surface area contributed by atoms with Gasteiger partial charge in [0.1, 0.15) is 0 Å². The molecule has 1 aliphatic rings. The number of aromatic nitrogens is 1. The fourth-order valence-electron chi connectivity index (χ4n) is 8.69. The fraction of sp³-hybridized carbons (Fsp3) is 0.0164. The maximum atomic E-state index is 4.22. The van der Waals surface area contributed by atoms with Gasteiger partial charge in [-0.15, -0.1) is 22.7 Å². The Bertz CT molecular complexity index is 3870. The number of para-hydroxylation sites is 1.